The molecule has 0 radical (unpaired) electrons. The molecule has 0 amide bonds. The van der Waals surface area contributed by atoms with Gasteiger partial charge < -0.3 is 15.8 Å². The molecule has 0 aromatic heterocycles. The molecule has 0 aromatic carbocycles. The molecule has 15 heavy (non-hydrogen) atoms. The summed E-state index contributed by atoms with van der Waals surface area (Å²) in [5.74, 6) is 0.837. The molecule has 0 bridgehead atoms. The van der Waals surface area contributed by atoms with E-state index < -0.39 is 0 Å². The minimum Gasteiger partial charge on any atom is -0.378 e. The molecule has 1 atom stereocenters. The first kappa shape index (κ1) is 11.4. The third-order valence-corrected chi connectivity index (χ3v) is 3.64. The average molecular weight is 212 g/mol. The maximum atomic E-state index is 6.03. The van der Waals surface area contributed by atoms with E-state index in [0.29, 0.717) is 18.2 Å². The van der Waals surface area contributed by atoms with Gasteiger partial charge in [0.2, 0.25) is 0 Å². The highest BCUT2D eigenvalue weighted by Gasteiger charge is 2.30. The summed E-state index contributed by atoms with van der Waals surface area (Å²) in [6, 6.07) is 1.13. The first-order valence-electron chi connectivity index (χ1n) is 6.40. The van der Waals surface area contributed by atoms with Gasteiger partial charge in [-0.25, -0.2) is 0 Å². The fourth-order valence-corrected chi connectivity index (χ4v) is 2.32. The van der Waals surface area contributed by atoms with Gasteiger partial charge in [-0.05, 0) is 51.5 Å². The highest BCUT2D eigenvalue weighted by atomic mass is 16.5. The van der Waals surface area contributed by atoms with Crippen molar-refractivity contribution in [1.82, 2.24) is 5.32 Å². The fourth-order valence-electron chi connectivity index (χ4n) is 2.32. The lowest BCUT2D eigenvalue weighted by molar-refractivity contribution is -0.00983. The Kier molecular flexibility index (Phi) is 4.00. The Labute approximate surface area is 92.7 Å². The zero-order chi connectivity index (χ0) is 10.7. The second kappa shape index (κ2) is 5.28. The van der Waals surface area contributed by atoms with Gasteiger partial charge in [-0.2, -0.15) is 0 Å². The predicted molar refractivity (Wildman–Crippen MR) is 61.8 cm³/mol. The average Bonchev–Trinajstić information content (AvgIpc) is 2.96. The van der Waals surface area contributed by atoms with E-state index >= 15 is 0 Å². The molecule has 1 unspecified atom stereocenters. The standard InChI is InChI=1S/C12H24N2O/c1-2-15-11-7-10(8-11)14-6-5-12(13)9-3-4-9/h9-12,14H,2-8,13H2,1H3. The quantitative estimate of drug-likeness (QED) is 0.668. The molecule has 0 aromatic rings. The minimum atomic E-state index is 0.445. The highest BCUT2D eigenvalue weighted by Crippen LogP contribution is 2.32. The number of nitrogens with two attached hydrogens (primary N) is 1. The molecule has 0 spiro atoms. The number of hydrogen-bond acceptors (Lipinski definition) is 3. The first-order chi connectivity index (χ1) is 7.29. The molecule has 88 valence electrons. The van der Waals surface area contributed by atoms with Crippen molar-refractivity contribution in [2.45, 2.75) is 57.2 Å². The molecule has 0 aliphatic heterocycles. The molecule has 0 saturated heterocycles. The minimum absolute atomic E-state index is 0.445. The zero-order valence-corrected chi connectivity index (χ0v) is 9.74. The molecular weight excluding hydrogens is 188 g/mol. The number of ether oxygens (including phenoxy) is 1. The molecule has 2 fully saturated rings. The summed E-state index contributed by atoms with van der Waals surface area (Å²) < 4.78 is 5.52. The Bertz CT molecular complexity index is 188. The number of rotatable bonds is 7. The summed E-state index contributed by atoms with van der Waals surface area (Å²) in [6.45, 7) is 4.00. The lowest BCUT2D eigenvalue weighted by Gasteiger charge is -2.35. The summed E-state index contributed by atoms with van der Waals surface area (Å²) >= 11 is 0. The molecule has 3 nitrogen and oxygen atoms in total. The van der Waals surface area contributed by atoms with Gasteiger partial charge in [0.25, 0.3) is 0 Å². The van der Waals surface area contributed by atoms with E-state index in [9.17, 15) is 0 Å². The van der Waals surface area contributed by atoms with Crippen LogP contribution >= 0.6 is 0 Å². The van der Waals surface area contributed by atoms with Gasteiger partial charge in [-0.15, -0.1) is 0 Å². The molecule has 2 aliphatic carbocycles. The van der Waals surface area contributed by atoms with Crippen molar-refractivity contribution >= 4 is 0 Å². The molecule has 3 N–H and O–H groups in total. The Hall–Kier alpha value is -0.120. The highest BCUT2D eigenvalue weighted by molar-refractivity contribution is 4.88. The largest absolute Gasteiger partial charge is 0.378 e. The summed E-state index contributed by atoms with van der Waals surface area (Å²) in [5, 5.41) is 3.56. The van der Waals surface area contributed by atoms with Crippen LogP contribution in [0.5, 0.6) is 0 Å². The van der Waals surface area contributed by atoms with Crippen LogP contribution in [-0.2, 0) is 4.74 Å². The van der Waals surface area contributed by atoms with Crippen LogP contribution < -0.4 is 11.1 Å². The summed E-state index contributed by atoms with van der Waals surface area (Å²) in [4.78, 5) is 0. The number of nitrogens with one attached hydrogen (secondary N) is 1. The molecule has 2 rings (SSSR count). The predicted octanol–water partition coefficient (Wildman–Crippen LogP) is 1.27. The van der Waals surface area contributed by atoms with Crippen molar-refractivity contribution in [2.24, 2.45) is 11.7 Å². The van der Waals surface area contributed by atoms with E-state index in [1.54, 1.807) is 0 Å². The lowest BCUT2D eigenvalue weighted by Crippen LogP contribution is -2.46. The van der Waals surface area contributed by atoms with Crippen molar-refractivity contribution in [1.29, 1.82) is 0 Å². The van der Waals surface area contributed by atoms with Crippen LogP contribution in [0, 0.1) is 5.92 Å². The second-order valence-corrected chi connectivity index (χ2v) is 4.99. The fraction of sp³-hybridized carbons (Fsp3) is 1.00. The monoisotopic (exact) mass is 212 g/mol. The van der Waals surface area contributed by atoms with E-state index in [1.165, 1.54) is 25.7 Å². The molecule has 2 aliphatic rings. The van der Waals surface area contributed by atoms with Crippen LogP contribution in [0.2, 0.25) is 0 Å². The van der Waals surface area contributed by atoms with E-state index in [1.807, 2.05) is 0 Å². The van der Waals surface area contributed by atoms with Crippen LogP contribution in [0.4, 0.5) is 0 Å². The van der Waals surface area contributed by atoms with Gasteiger partial charge in [0, 0.05) is 18.7 Å². The molecular formula is C12H24N2O. The van der Waals surface area contributed by atoms with Crippen molar-refractivity contribution in [2.75, 3.05) is 13.2 Å². The Morgan fingerprint density at radius 1 is 1.40 bits per heavy atom. The molecule has 0 heterocycles. The van der Waals surface area contributed by atoms with Crippen LogP contribution in [0.15, 0.2) is 0 Å². The van der Waals surface area contributed by atoms with Crippen LogP contribution in [0.25, 0.3) is 0 Å². The van der Waals surface area contributed by atoms with Gasteiger partial charge in [-0.1, -0.05) is 0 Å². The first-order valence-corrected chi connectivity index (χ1v) is 6.40. The van der Waals surface area contributed by atoms with Crippen LogP contribution in [0.1, 0.15) is 39.0 Å². The molecule has 3 heteroatoms. The zero-order valence-electron chi connectivity index (χ0n) is 9.74. The van der Waals surface area contributed by atoms with Gasteiger partial charge in [0.05, 0.1) is 6.10 Å². The van der Waals surface area contributed by atoms with Crippen molar-refractivity contribution in [3.05, 3.63) is 0 Å². The normalized spacial score (nSPS) is 32.4. The second-order valence-electron chi connectivity index (χ2n) is 4.99. The Morgan fingerprint density at radius 3 is 2.73 bits per heavy atom. The van der Waals surface area contributed by atoms with Crippen LogP contribution in [0.3, 0.4) is 0 Å². The third-order valence-electron chi connectivity index (χ3n) is 3.64. The summed E-state index contributed by atoms with van der Waals surface area (Å²) in [7, 11) is 0. The van der Waals surface area contributed by atoms with E-state index in [-0.39, 0.29) is 0 Å². The van der Waals surface area contributed by atoms with E-state index in [4.69, 9.17) is 10.5 Å². The van der Waals surface area contributed by atoms with Gasteiger partial charge >= 0.3 is 0 Å². The van der Waals surface area contributed by atoms with Gasteiger partial charge in [0.15, 0.2) is 0 Å². The maximum absolute atomic E-state index is 6.03. The SMILES string of the molecule is CCOC1CC(NCCC(N)C2CC2)C1. The Morgan fingerprint density at radius 2 is 2.13 bits per heavy atom. The third kappa shape index (κ3) is 3.44. The lowest BCUT2D eigenvalue weighted by atomic mass is 9.89. The topological polar surface area (TPSA) is 47.3 Å². The van der Waals surface area contributed by atoms with Crippen molar-refractivity contribution in [3.63, 3.8) is 0 Å². The van der Waals surface area contributed by atoms with Crippen LogP contribution in [-0.4, -0.2) is 31.3 Å². The number of hydrogen-bond donors (Lipinski definition) is 2. The molecule has 2 saturated carbocycles. The van der Waals surface area contributed by atoms with Crippen molar-refractivity contribution < 1.29 is 4.74 Å². The maximum Gasteiger partial charge on any atom is 0.0604 e. The summed E-state index contributed by atoms with van der Waals surface area (Å²) in [5.41, 5.74) is 6.03. The van der Waals surface area contributed by atoms with E-state index in [2.05, 4.69) is 12.2 Å². The van der Waals surface area contributed by atoms with Gasteiger partial charge in [-0.3, -0.25) is 0 Å². The van der Waals surface area contributed by atoms with Gasteiger partial charge in [0.1, 0.15) is 0 Å². The van der Waals surface area contributed by atoms with E-state index in [0.717, 1.165) is 25.5 Å². The van der Waals surface area contributed by atoms with Crippen molar-refractivity contribution in [3.8, 4) is 0 Å². The Balaban J connectivity index is 1.45. The smallest absolute Gasteiger partial charge is 0.0604 e. The summed E-state index contributed by atoms with van der Waals surface area (Å²) in [6.07, 6.45) is 6.75.